The van der Waals surface area contributed by atoms with Crippen molar-refractivity contribution in [1.82, 2.24) is 4.31 Å². The van der Waals surface area contributed by atoms with E-state index in [9.17, 15) is 16.8 Å². The van der Waals surface area contributed by atoms with Crippen LogP contribution in [0.2, 0.25) is 0 Å². The highest BCUT2D eigenvalue weighted by molar-refractivity contribution is 7.93. The van der Waals surface area contributed by atoms with Crippen molar-refractivity contribution in [2.75, 3.05) is 19.7 Å². The molecule has 0 aromatic heterocycles. The SMILES string of the molecule is CCOc1ccccc1S(=O)(=O)N1CC(S(=O)(=O)C2CCCCC2)C1. The molecule has 25 heavy (non-hydrogen) atoms. The lowest BCUT2D eigenvalue weighted by molar-refractivity contribution is 0.300. The van der Waals surface area contributed by atoms with Crippen LogP contribution in [0.5, 0.6) is 5.75 Å². The highest BCUT2D eigenvalue weighted by Crippen LogP contribution is 2.34. The first kappa shape index (κ1) is 18.7. The smallest absolute Gasteiger partial charge is 0.246 e. The van der Waals surface area contributed by atoms with E-state index in [4.69, 9.17) is 4.74 Å². The number of hydrogen-bond acceptors (Lipinski definition) is 5. The van der Waals surface area contributed by atoms with Crippen LogP contribution >= 0.6 is 0 Å². The van der Waals surface area contributed by atoms with E-state index < -0.39 is 25.1 Å². The van der Waals surface area contributed by atoms with E-state index in [1.165, 1.54) is 10.4 Å². The van der Waals surface area contributed by atoms with Gasteiger partial charge in [-0.3, -0.25) is 0 Å². The molecule has 6 nitrogen and oxygen atoms in total. The summed E-state index contributed by atoms with van der Waals surface area (Å²) in [5.41, 5.74) is 0. The minimum Gasteiger partial charge on any atom is -0.492 e. The van der Waals surface area contributed by atoms with Gasteiger partial charge in [-0.15, -0.1) is 0 Å². The molecular weight excluding hydrogens is 362 g/mol. The second kappa shape index (κ2) is 7.25. The first-order chi connectivity index (χ1) is 11.9. The summed E-state index contributed by atoms with van der Waals surface area (Å²) < 4.78 is 57.7. The van der Waals surface area contributed by atoms with Gasteiger partial charge in [-0.2, -0.15) is 4.31 Å². The van der Waals surface area contributed by atoms with Gasteiger partial charge in [0.2, 0.25) is 10.0 Å². The molecule has 140 valence electrons. The number of nitrogens with zero attached hydrogens (tertiary/aromatic N) is 1. The normalized spacial score (nSPS) is 21.0. The van der Waals surface area contributed by atoms with Gasteiger partial charge in [0, 0.05) is 13.1 Å². The lowest BCUT2D eigenvalue weighted by Gasteiger charge is -2.39. The molecule has 0 atom stereocenters. The van der Waals surface area contributed by atoms with Crippen LogP contribution in [-0.4, -0.2) is 51.3 Å². The average molecular weight is 388 g/mol. The zero-order chi connectivity index (χ0) is 18.1. The fraction of sp³-hybridized carbons (Fsp3) is 0.647. The lowest BCUT2D eigenvalue weighted by atomic mass is 10.0. The van der Waals surface area contributed by atoms with Gasteiger partial charge < -0.3 is 4.74 Å². The molecule has 0 bridgehead atoms. The number of rotatable bonds is 6. The molecule has 1 saturated carbocycles. The molecule has 2 fully saturated rings. The molecule has 0 radical (unpaired) electrons. The molecule has 1 aliphatic carbocycles. The Morgan fingerprint density at radius 1 is 1.00 bits per heavy atom. The molecule has 8 heteroatoms. The van der Waals surface area contributed by atoms with E-state index in [2.05, 4.69) is 0 Å². The van der Waals surface area contributed by atoms with Crippen LogP contribution in [0.25, 0.3) is 0 Å². The van der Waals surface area contributed by atoms with Crippen molar-refractivity contribution in [2.45, 2.75) is 54.4 Å². The molecule has 0 spiro atoms. The Morgan fingerprint density at radius 3 is 2.28 bits per heavy atom. The van der Waals surface area contributed by atoms with Crippen molar-refractivity contribution in [3.05, 3.63) is 24.3 Å². The molecule has 0 unspecified atom stereocenters. The topological polar surface area (TPSA) is 80.8 Å². The summed E-state index contributed by atoms with van der Waals surface area (Å²) in [7, 11) is -6.99. The van der Waals surface area contributed by atoms with Gasteiger partial charge in [0.1, 0.15) is 10.6 Å². The van der Waals surface area contributed by atoms with E-state index in [1.807, 2.05) is 0 Å². The summed E-state index contributed by atoms with van der Waals surface area (Å²) in [6.45, 7) is 2.24. The van der Waals surface area contributed by atoms with Gasteiger partial charge in [0.25, 0.3) is 0 Å². The third-order valence-electron chi connectivity index (χ3n) is 5.06. The Balaban J connectivity index is 1.73. The van der Waals surface area contributed by atoms with E-state index in [0.29, 0.717) is 25.2 Å². The van der Waals surface area contributed by atoms with Gasteiger partial charge in [-0.05, 0) is 31.9 Å². The first-order valence-electron chi connectivity index (χ1n) is 8.82. The summed E-state index contributed by atoms with van der Waals surface area (Å²) in [4.78, 5) is 0.102. The van der Waals surface area contributed by atoms with Gasteiger partial charge >= 0.3 is 0 Å². The second-order valence-electron chi connectivity index (χ2n) is 6.67. The molecule has 1 aromatic rings. The molecule has 1 aromatic carbocycles. The van der Waals surface area contributed by atoms with Crippen LogP contribution in [-0.2, 0) is 19.9 Å². The predicted octanol–water partition coefficient (Wildman–Crippen LogP) is 2.21. The monoisotopic (exact) mass is 387 g/mol. The van der Waals surface area contributed by atoms with Gasteiger partial charge in [0.15, 0.2) is 9.84 Å². The lowest BCUT2D eigenvalue weighted by Crippen LogP contribution is -2.58. The van der Waals surface area contributed by atoms with Crippen LogP contribution in [0.1, 0.15) is 39.0 Å². The van der Waals surface area contributed by atoms with Crippen molar-refractivity contribution >= 4 is 19.9 Å². The Hall–Kier alpha value is -1.12. The highest BCUT2D eigenvalue weighted by atomic mass is 32.2. The number of sulfonamides is 1. The van der Waals surface area contributed by atoms with Crippen LogP contribution in [0.4, 0.5) is 0 Å². The zero-order valence-electron chi connectivity index (χ0n) is 14.4. The van der Waals surface area contributed by atoms with Crippen LogP contribution in [0.3, 0.4) is 0 Å². The van der Waals surface area contributed by atoms with Crippen molar-refractivity contribution in [3.8, 4) is 5.75 Å². The molecule has 2 aliphatic rings. The Kier molecular flexibility index (Phi) is 5.41. The third kappa shape index (κ3) is 3.57. The Labute approximate surface area is 150 Å². The summed E-state index contributed by atoms with van der Waals surface area (Å²) in [5.74, 6) is 0.309. The van der Waals surface area contributed by atoms with Gasteiger partial charge in [-0.1, -0.05) is 31.4 Å². The van der Waals surface area contributed by atoms with E-state index in [0.717, 1.165) is 19.3 Å². The van der Waals surface area contributed by atoms with Crippen molar-refractivity contribution in [3.63, 3.8) is 0 Å². The van der Waals surface area contributed by atoms with Crippen LogP contribution < -0.4 is 4.74 Å². The Bertz CT molecular complexity index is 807. The molecule has 0 amide bonds. The molecule has 1 aliphatic heterocycles. The minimum absolute atomic E-state index is 0.0433. The minimum atomic E-state index is -3.74. The molecule has 1 saturated heterocycles. The zero-order valence-corrected chi connectivity index (χ0v) is 16.1. The molecule has 1 heterocycles. The number of sulfone groups is 1. The van der Waals surface area contributed by atoms with Crippen molar-refractivity contribution < 1.29 is 21.6 Å². The summed E-state index contributed by atoms with van der Waals surface area (Å²) >= 11 is 0. The number of para-hydroxylation sites is 1. The van der Waals surface area contributed by atoms with Gasteiger partial charge in [0.05, 0.1) is 17.1 Å². The predicted molar refractivity (Wildman–Crippen MR) is 96.0 cm³/mol. The Morgan fingerprint density at radius 2 is 1.64 bits per heavy atom. The van der Waals surface area contributed by atoms with Crippen molar-refractivity contribution in [1.29, 1.82) is 0 Å². The molecule has 0 N–H and O–H groups in total. The number of hydrogen-bond donors (Lipinski definition) is 0. The van der Waals surface area contributed by atoms with E-state index >= 15 is 0 Å². The largest absolute Gasteiger partial charge is 0.492 e. The quantitative estimate of drug-likeness (QED) is 0.747. The number of ether oxygens (including phenoxy) is 1. The standard InChI is InChI=1S/C17H25NO5S2/c1-2-23-16-10-6-7-11-17(16)25(21,22)18-12-15(13-18)24(19,20)14-8-4-3-5-9-14/h6-7,10-11,14-15H,2-5,8-9,12-13H2,1H3. The molecule has 3 rings (SSSR count). The fourth-order valence-corrected chi connectivity index (χ4v) is 7.71. The van der Waals surface area contributed by atoms with E-state index in [1.54, 1.807) is 25.1 Å². The maximum Gasteiger partial charge on any atom is 0.246 e. The number of benzene rings is 1. The summed E-state index contributed by atoms with van der Waals surface area (Å²) in [6.07, 6.45) is 4.39. The maximum absolute atomic E-state index is 12.8. The maximum atomic E-state index is 12.8. The summed E-state index contributed by atoms with van der Waals surface area (Å²) in [6, 6.07) is 6.48. The fourth-order valence-electron chi connectivity index (χ4n) is 3.55. The van der Waals surface area contributed by atoms with Gasteiger partial charge in [-0.25, -0.2) is 16.8 Å². The third-order valence-corrected chi connectivity index (χ3v) is 9.56. The second-order valence-corrected chi connectivity index (χ2v) is 11.1. The molecular formula is C17H25NO5S2. The van der Waals surface area contributed by atoms with E-state index in [-0.39, 0.29) is 23.2 Å². The van der Waals surface area contributed by atoms with Crippen LogP contribution in [0.15, 0.2) is 29.2 Å². The average Bonchev–Trinajstić information content (AvgIpc) is 2.54. The summed E-state index contributed by atoms with van der Waals surface area (Å²) in [5, 5.41) is -0.878. The van der Waals surface area contributed by atoms with Crippen LogP contribution in [0, 0.1) is 0 Å². The van der Waals surface area contributed by atoms with Crippen molar-refractivity contribution in [2.24, 2.45) is 0 Å². The first-order valence-corrected chi connectivity index (χ1v) is 11.9. The highest BCUT2D eigenvalue weighted by Gasteiger charge is 2.46.